The normalized spacial score (nSPS) is 11.7. The molecule has 0 aliphatic carbocycles. The van der Waals surface area contributed by atoms with Gasteiger partial charge in [-0.2, -0.15) is 0 Å². The Balaban J connectivity index is 1.32. The van der Waals surface area contributed by atoms with Crippen LogP contribution in [0.3, 0.4) is 0 Å². The van der Waals surface area contributed by atoms with E-state index in [1.807, 2.05) is 0 Å². The van der Waals surface area contributed by atoms with Crippen LogP contribution < -0.4 is 11.5 Å². The second kappa shape index (κ2) is 13.1. The molecule has 0 atom stereocenters. The van der Waals surface area contributed by atoms with Crippen molar-refractivity contribution < 1.29 is 19.8 Å². The molecule has 0 radical (unpaired) electrons. The highest BCUT2D eigenvalue weighted by molar-refractivity contribution is 6.40. The molecule has 0 aliphatic heterocycles. The number of nitrogen functional groups attached to an aromatic ring is 2. The Hall–Kier alpha value is -5.26. The van der Waals surface area contributed by atoms with Crippen molar-refractivity contribution in [3.8, 4) is 11.1 Å². The summed E-state index contributed by atoms with van der Waals surface area (Å²) in [6, 6.07) is 22.6. The highest BCUT2D eigenvalue weighted by Crippen LogP contribution is 2.44. The summed E-state index contributed by atoms with van der Waals surface area (Å²) in [5.41, 5.74) is 14.7. The molecular weight excluding hydrogens is 698 g/mol. The summed E-state index contributed by atoms with van der Waals surface area (Å²) in [7, 11) is 0. The monoisotopic (exact) mass is 716 g/mol. The van der Waals surface area contributed by atoms with E-state index in [1.54, 1.807) is 72.8 Å². The summed E-state index contributed by atoms with van der Waals surface area (Å²) in [5.74, 6) is -2.28. The third kappa shape index (κ3) is 6.10. The van der Waals surface area contributed by atoms with Crippen LogP contribution in [-0.4, -0.2) is 22.2 Å². The fourth-order valence-corrected chi connectivity index (χ4v) is 6.27. The summed E-state index contributed by atoms with van der Waals surface area (Å²) in [5, 5.41) is 38.7. The minimum absolute atomic E-state index is 0.0174. The summed E-state index contributed by atoms with van der Waals surface area (Å²) < 4.78 is 0. The lowest BCUT2D eigenvalue weighted by molar-refractivity contribution is 0.0688. The van der Waals surface area contributed by atoms with Gasteiger partial charge in [0.25, 0.3) is 0 Å². The minimum atomic E-state index is -1.14. The number of rotatable bonds is 7. The Morgan fingerprint density at radius 1 is 0.500 bits per heavy atom. The molecule has 0 saturated heterocycles. The van der Waals surface area contributed by atoms with Crippen molar-refractivity contribution >= 4 is 114 Å². The summed E-state index contributed by atoms with van der Waals surface area (Å²) in [4.78, 5) is 23.8. The van der Waals surface area contributed by atoms with Crippen LogP contribution in [-0.2, 0) is 0 Å². The molecule has 14 heteroatoms. The zero-order valence-corrected chi connectivity index (χ0v) is 27.3. The molecule has 6 N–H and O–H groups in total. The largest absolute Gasteiger partial charge is 0.478 e. The lowest BCUT2D eigenvalue weighted by Crippen LogP contribution is -1.99. The van der Waals surface area contributed by atoms with E-state index in [-0.39, 0.29) is 65.3 Å². The zero-order valence-electron chi connectivity index (χ0n) is 24.2. The van der Waals surface area contributed by atoms with Gasteiger partial charge in [-0.1, -0.05) is 94.9 Å². The first kappa shape index (κ1) is 32.7. The maximum Gasteiger partial charge on any atom is 0.336 e. The van der Waals surface area contributed by atoms with Crippen LogP contribution in [0.2, 0.25) is 20.1 Å². The smallest absolute Gasteiger partial charge is 0.336 e. The van der Waals surface area contributed by atoms with Gasteiger partial charge in [-0.25, -0.2) is 9.59 Å². The first-order valence-corrected chi connectivity index (χ1v) is 15.4. The van der Waals surface area contributed by atoms with Gasteiger partial charge in [-0.15, -0.1) is 20.5 Å². The molecule has 0 saturated carbocycles. The van der Waals surface area contributed by atoms with Crippen LogP contribution in [0.25, 0.3) is 32.7 Å². The lowest BCUT2D eigenvalue weighted by atomic mass is 10.0. The number of hydrogen-bond acceptors (Lipinski definition) is 8. The molecule has 48 heavy (non-hydrogen) atoms. The quantitative estimate of drug-likeness (QED) is 0.0943. The number of azo groups is 2. The number of nitrogens with two attached hydrogens (primary N) is 2. The molecule has 238 valence electrons. The predicted octanol–water partition coefficient (Wildman–Crippen LogP) is 11.7. The molecule has 0 spiro atoms. The van der Waals surface area contributed by atoms with Gasteiger partial charge in [0.15, 0.2) is 0 Å². The van der Waals surface area contributed by atoms with Gasteiger partial charge >= 0.3 is 11.9 Å². The average molecular weight is 718 g/mol. The van der Waals surface area contributed by atoms with E-state index >= 15 is 0 Å². The maximum atomic E-state index is 11.9. The molecule has 0 unspecified atom stereocenters. The second-order valence-electron chi connectivity index (χ2n) is 10.4. The van der Waals surface area contributed by atoms with E-state index < -0.39 is 11.9 Å². The Labute approximate surface area is 291 Å². The zero-order chi connectivity index (χ0) is 34.3. The van der Waals surface area contributed by atoms with Crippen LogP contribution in [0.15, 0.2) is 105 Å². The summed E-state index contributed by atoms with van der Waals surface area (Å²) >= 11 is 26.3. The van der Waals surface area contributed by atoms with Gasteiger partial charge in [-0.3, -0.25) is 0 Å². The van der Waals surface area contributed by atoms with E-state index in [9.17, 15) is 19.8 Å². The topological polar surface area (TPSA) is 176 Å². The van der Waals surface area contributed by atoms with Gasteiger partial charge < -0.3 is 21.7 Å². The molecule has 0 amide bonds. The third-order valence-corrected chi connectivity index (χ3v) is 8.62. The van der Waals surface area contributed by atoms with Crippen molar-refractivity contribution in [2.75, 3.05) is 11.5 Å². The molecule has 6 aromatic rings. The molecule has 0 aromatic heterocycles. The first-order chi connectivity index (χ1) is 22.9. The fourth-order valence-electron chi connectivity index (χ4n) is 5.15. The number of carbonyl (C=O) groups is 2. The van der Waals surface area contributed by atoms with Crippen molar-refractivity contribution in [3.05, 3.63) is 116 Å². The van der Waals surface area contributed by atoms with Crippen LogP contribution in [0.5, 0.6) is 0 Å². The summed E-state index contributed by atoms with van der Waals surface area (Å²) in [6.45, 7) is 0. The third-order valence-electron chi connectivity index (χ3n) is 7.47. The molecule has 0 fully saturated rings. The Kier molecular flexibility index (Phi) is 8.91. The number of hydrogen-bond donors (Lipinski definition) is 4. The average Bonchev–Trinajstić information content (AvgIpc) is 3.05. The van der Waals surface area contributed by atoms with Crippen molar-refractivity contribution in [2.45, 2.75) is 0 Å². The predicted molar refractivity (Wildman–Crippen MR) is 191 cm³/mol. The summed E-state index contributed by atoms with van der Waals surface area (Å²) in [6.07, 6.45) is 0. The number of benzene rings is 6. The minimum Gasteiger partial charge on any atom is -0.478 e. The van der Waals surface area contributed by atoms with E-state index in [0.29, 0.717) is 32.7 Å². The Bertz CT molecular complexity index is 2180. The van der Waals surface area contributed by atoms with Crippen LogP contribution >= 0.6 is 46.4 Å². The standard InChI is InChI=1S/C34H20Cl4N6O4/c35-23-9-15(10-24(36)31(23)43-41-27-13-21(33(45)46)17-5-1-3-7-19(17)29(27)39)16-11-25(37)32(26(38)12-16)44-42-28-14-22(34(47)48)18-6-2-4-8-20(18)30(28)40/h1-14H,39-40H2,(H,45,46)(H,47,48). The number of aromatic carboxylic acids is 2. The number of carboxylic acids is 2. The van der Waals surface area contributed by atoms with E-state index in [4.69, 9.17) is 57.9 Å². The van der Waals surface area contributed by atoms with Gasteiger partial charge in [0, 0.05) is 10.8 Å². The van der Waals surface area contributed by atoms with Crippen LogP contribution in [0, 0.1) is 0 Å². The highest BCUT2D eigenvalue weighted by Gasteiger charge is 2.18. The van der Waals surface area contributed by atoms with Crippen molar-refractivity contribution in [1.29, 1.82) is 0 Å². The molecule has 10 nitrogen and oxygen atoms in total. The van der Waals surface area contributed by atoms with E-state index in [0.717, 1.165) is 0 Å². The van der Waals surface area contributed by atoms with Crippen molar-refractivity contribution in [2.24, 2.45) is 20.5 Å². The molecule has 0 heterocycles. The highest BCUT2D eigenvalue weighted by atomic mass is 35.5. The lowest BCUT2D eigenvalue weighted by Gasteiger charge is -2.11. The molecule has 0 aliphatic rings. The van der Waals surface area contributed by atoms with Gasteiger partial charge in [0.05, 0.1) is 42.6 Å². The Morgan fingerprint density at radius 2 is 0.812 bits per heavy atom. The second-order valence-corrected chi connectivity index (χ2v) is 12.0. The van der Waals surface area contributed by atoms with Gasteiger partial charge in [0.1, 0.15) is 22.7 Å². The number of halogens is 4. The molecule has 6 rings (SSSR count). The van der Waals surface area contributed by atoms with Crippen molar-refractivity contribution in [3.63, 3.8) is 0 Å². The van der Waals surface area contributed by atoms with Crippen LogP contribution in [0.4, 0.5) is 34.1 Å². The Morgan fingerprint density at radius 3 is 1.12 bits per heavy atom. The molecule has 6 aromatic carbocycles. The SMILES string of the molecule is Nc1c(N=Nc2c(Cl)cc(-c3cc(Cl)c(N=Nc4cc(C(=O)O)c5ccccc5c4N)c(Cl)c3)cc2Cl)cc(C(=O)O)c2ccccc12. The van der Waals surface area contributed by atoms with E-state index in [2.05, 4.69) is 20.5 Å². The maximum absolute atomic E-state index is 11.9. The number of carboxylic acid groups (broad SMARTS) is 2. The number of fused-ring (bicyclic) bond motifs is 2. The van der Waals surface area contributed by atoms with Crippen molar-refractivity contribution in [1.82, 2.24) is 0 Å². The van der Waals surface area contributed by atoms with E-state index in [1.165, 1.54) is 12.1 Å². The van der Waals surface area contributed by atoms with Gasteiger partial charge in [0.2, 0.25) is 0 Å². The van der Waals surface area contributed by atoms with Crippen LogP contribution in [0.1, 0.15) is 20.7 Å². The van der Waals surface area contributed by atoms with Gasteiger partial charge in [-0.05, 0) is 58.3 Å². The number of anilines is 2. The molecule has 0 bridgehead atoms. The number of nitrogens with zero attached hydrogens (tertiary/aromatic N) is 4. The fraction of sp³-hybridized carbons (Fsp3) is 0. The molecular formula is C34H20Cl4N6O4. The first-order valence-electron chi connectivity index (χ1n) is 13.9.